The fourth-order valence-electron chi connectivity index (χ4n) is 3.94. The second kappa shape index (κ2) is 11.5. The lowest BCUT2D eigenvalue weighted by molar-refractivity contribution is -0.138. The minimum atomic E-state index is -0.349. The van der Waals surface area contributed by atoms with Crippen LogP contribution in [-0.4, -0.2) is 80.5 Å². The Morgan fingerprint density at radius 1 is 1.29 bits per heavy atom. The van der Waals surface area contributed by atoms with E-state index in [0.29, 0.717) is 38.4 Å². The van der Waals surface area contributed by atoms with Crippen molar-refractivity contribution in [2.75, 3.05) is 39.5 Å². The summed E-state index contributed by atoms with van der Waals surface area (Å²) in [5, 5.41) is 2.98. The average Bonchev–Trinajstić information content (AvgIpc) is 2.67. The van der Waals surface area contributed by atoms with Crippen molar-refractivity contribution in [2.45, 2.75) is 64.3 Å². The van der Waals surface area contributed by atoms with E-state index in [9.17, 15) is 9.59 Å². The molecule has 0 bridgehead atoms. The summed E-state index contributed by atoms with van der Waals surface area (Å²) >= 11 is 0. The molecule has 8 heteroatoms. The predicted molar refractivity (Wildman–Crippen MR) is 106 cm³/mol. The molecular formula is C20H35N3O5. The predicted octanol–water partition coefficient (Wildman–Crippen LogP) is 0.598. The number of rotatable bonds is 9. The number of ether oxygens (including phenoxy) is 3. The lowest BCUT2D eigenvalue weighted by Crippen LogP contribution is -2.62. The number of piperidine rings is 1. The fourth-order valence-corrected chi connectivity index (χ4v) is 3.94. The second-order valence-corrected chi connectivity index (χ2v) is 7.32. The highest BCUT2D eigenvalue weighted by Crippen LogP contribution is 2.26. The molecule has 3 N–H and O–H groups in total. The van der Waals surface area contributed by atoms with E-state index in [1.807, 2.05) is 13.0 Å². The molecular weight excluding hydrogens is 362 g/mol. The molecule has 2 rings (SSSR count). The van der Waals surface area contributed by atoms with Gasteiger partial charge in [0, 0.05) is 31.7 Å². The number of esters is 1. The zero-order valence-corrected chi connectivity index (χ0v) is 17.3. The van der Waals surface area contributed by atoms with E-state index in [-0.39, 0.29) is 36.1 Å². The van der Waals surface area contributed by atoms with Gasteiger partial charge in [-0.25, -0.2) is 4.79 Å². The first kappa shape index (κ1) is 22.8. The van der Waals surface area contributed by atoms with Crippen LogP contribution in [0.3, 0.4) is 0 Å². The van der Waals surface area contributed by atoms with Crippen LogP contribution in [0.5, 0.6) is 0 Å². The standard InChI is InChI=1S/C20H35N3O5/c1-4-26-9-10-28-16-7-6-8-23(13-16)18-12-15(20(25)27-5-2)11-17(21)19(18)22-14(3)24/h12,16-19H,4-11,13,21H2,1-3H3,(H,22,24)/t16-,17-,18+,19+/m0/s1. The van der Waals surface area contributed by atoms with Gasteiger partial charge in [-0.3, -0.25) is 9.69 Å². The quantitative estimate of drug-likeness (QED) is 0.434. The van der Waals surface area contributed by atoms with E-state index >= 15 is 0 Å². The van der Waals surface area contributed by atoms with Crippen LogP contribution >= 0.6 is 0 Å². The molecule has 0 saturated carbocycles. The van der Waals surface area contributed by atoms with Crippen LogP contribution in [0.25, 0.3) is 0 Å². The third kappa shape index (κ3) is 6.55. The van der Waals surface area contributed by atoms with Crippen molar-refractivity contribution in [1.29, 1.82) is 0 Å². The molecule has 0 aromatic heterocycles. The zero-order chi connectivity index (χ0) is 20.5. The van der Waals surface area contributed by atoms with E-state index in [1.54, 1.807) is 6.92 Å². The number of amides is 1. The summed E-state index contributed by atoms with van der Waals surface area (Å²) in [4.78, 5) is 26.3. The number of carbonyl (C=O) groups excluding carboxylic acids is 2. The molecule has 28 heavy (non-hydrogen) atoms. The average molecular weight is 398 g/mol. The van der Waals surface area contributed by atoms with Gasteiger partial charge in [-0.2, -0.15) is 0 Å². The Morgan fingerprint density at radius 2 is 2.07 bits per heavy atom. The van der Waals surface area contributed by atoms with Crippen LogP contribution in [0, 0.1) is 0 Å². The first-order valence-electron chi connectivity index (χ1n) is 10.3. The van der Waals surface area contributed by atoms with Crippen molar-refractivity contribution >= 4 is 11.9 Å². The summed E-state index contributed by atoms with van der Waals surface area (Å²) in [6.45, 7) is 8.99. The van der Waals surface area contributed by atoms with Crippen LogP contribution in [0.4, 0.5) is 0 Å². The fraction of sp³-hybridized carbons (Fsp3) is 0.800. The Kier molecular flexibility index (Phi) is 9.37. The van der Waals surface area contributed by atoms with Gasteiger partial charge in [0.25, 0.3) is 0 Å². The highest BCUT2D eigenvalue weighted by atomic mass is 16.5. The Hall–Kier alpha value is -1.48. The maximum absolute atomic E-state index is 12.3. The minimum Gasteiger partial charge on any atom is -0.463 e. The molecule has 1 saturated heterocycles. The van der Waals surface area contributed by atoms with Crippen molar-refractivity contribution in [3.05, 3.63) is 11.6 Å². The van der Waals surface area contributed by atoms with Gasteiger partial charge in [-0.05, 0) is 39.7 Å². The first-order chi connectivity index (χ1) is 13.5. The van der Waals surface area contributed by atoms with Gasteiger partial charge in [0.05, 0.1) is 38.0 Å². The number of nitrogens with zero attached hydrogens (tertiary/aromatic N) is 1. The minimum absolute atomic E-state index is 0.102. The third-order valence-electron chi connectivity index (χ3n) is 5.18. The summed E-state index contributed by atoms with van der Waals surface area (Å²) in [6.07, 6.45) is 4.39. The van der Waals surface area contributed by atoms with Crippen molar-refractivity contribution in [3.8, 4) is 0 Å². The number of carbonyl (C=O) groups is 2. The number of hydrogen-bond donors (Lipinski definition) is 2. The van der Waals surface area contributed by atoms with Crippen LogP contribution in [-0.2, 0) is 23.8 Å². The van der Waals surface area contributed by atoms with Gasteiger partial charge in [0.2, 0.25) is 5.91 Å². The molecule has 0 aromatic carbocycles. The van der Waals surface area contributed by atoms with Crippen LogP contribution in [0.2, 0.25) is 0 Å². The molecule has 8 nitrogen and oxygen atoms in total. The van der Waals surface area contributed by atoms with Crippen molar-refractivity contribution in [1.82, 2.24) is 10.2 Å². The SMILES string of the molecule is CCOCCO[C@H]1CCCN([C@@H]2C=C(C(=O)OCC)C[C@H](N)[C@H]2NC(C)=O)C1. The van der Waals surface area contributed by atoms with Crippen LogP contribution < -0.4 is 11.1 Å². The maximum atomic E-state index is 12.3. The molecule has 4 atom stereocenters. The number of likely N-dealkylation sites (tertiary alicyclic amines) is 1. The van der Waals surface area contributed by atoms with Gasteiger partial charge >= 0.3 is 5.97 Å². The lowest BCUT2D eigenvalue weighted by Gasteiger charge is -2.44. The van der Waals surface area contributed by atoms with E-state index in [2.05, 4.69) is 10.2 Å². The Labute approximate surface area is 167 Å². The molecule has 2 aliphatic rings. The summed E-state index contributed by atoms with van der Waals surface area (Å²) in [5.41, 5.74) is 6.94. The monoisotopic (exact) mass is 397 g/mol. The first-order valence-corrected chi connectivity index (χ1v) is 10.3. The zero-order valence-electron chi connectivity index (χ0n) is 17.3. The second-order valence-electron chi connectivity index (χ2n) is 7.32. The number of nitrogens with one attached hydrogen (secondary N) is 1. The summed E-state index contributed by atoms with van der Waals surface area (Å²) < 4.78 is 16.5. The molecule has 1 aliphatic heterocycles. The molecule has 160 valence electrons. The van der Waals surface area contributed by atoms with Crippen LogP contribution in [0.1, 0.15) is 40.0 Å². The van der Waals surface area contributed by atoms with Gasteiger partial charge in [-0.1, -0.05) is 6.08 Å². The summed E-state index contributed by atoms with van der Waals surface area (Å²) in [5.74, 6) is -0.453. The molecule has 0 radical (unpaired) electrons. The van der Waals surface area contributed by atoms with Crippen LogP contribution in [0.15, 0.2) is 11.6 Å². The van der Waals surface area contributed by atoms with Gasteiger partial charge in [0.1, 0.15) is 0 Å². The van der Waals surface area contributed by atoms with Crippen molar-refractivity contribution in [2.24, 2.45) is 5.73 Å². The topological polar surface area (TPSA) is 103 Å². The van der Waals surface area contributed by atoms with Crippen molar-refractivity contribution in [3.63, 3.8) is 0 Å². The smallest absolute Gasteiger partial charge is 0.333 e. The summed E-state index contributed by atoms with van der Waals surface area (Å²) in [7, 11) is 0. The molecule has 0 aromatic rings. The Bertz CT molecular complexity index is 554. The van der Waals surface area contributed by atoms with Crippen molar-refractivity contribution < 1.29 is 23.8 Å². The summed E-state index contributed by atoms with van der Waals surface area (Å²) in [6, 6.07) is -0.763. The van der Waals surface area contributed by atoms with Gasteiger partial charge in [-0.15, -0.1) is 0 Å². The Morgan fingerprint density at radius 3 is 2.75 bits per heavy atom. The Balaban J connectivity index is 2.11. The number of hydrogen-bond acceptors (Lipinski definition) is 7. The molecule has 1 amide bonds. The highest BCUT2D eigenvalue weighted by molar-refractivity contribution is 5.89. The molecule has 0 unspecified atom stereocenters. The van der Waals surface area contributed by atoms with E-state index in [4.69, 9.17) is 19.9 Å². The van der Waals surface area contributed by atoms with E-state index < -0.39 is 0 Å². The largest absolute Gasteiger partial charge is 0.463 e. The molecule has 1 heterocycles. The maximum Gasteiger partial charge on any atom is 0.333 e. The van der Waals surface area contributed by atoms with E-state index in [1.165, 1.54) is 6.92 Å². The normalized spacial score (nSPS) is 28.5. The van der Waals surface area contributed by atoms with Gasteiger partial charge < -0.3 is 25.3 Å². The molecule has 1 fully saturated rings. The molecule has 1 aliphatic carbocycles. The number of nitrogens with two attached hydrogens (primary N) is 1. The third-order valence-corrected chi connectivity index (χ3v) is 5.18. The van der Waals surface area contributed by atoms with E-state index in [0.717, 1.165) is 25.9 Å². The highest BCUT2D eigenvalue weighted by Gasteiger charge is 2.38. The lowest BCUT2D eigenvalue weighted by atomic mass is 9.85. The molecule has 0 spiro atoms. The van der Waals surface area contributed by atoms with Gasteiger partial charge in [0.15, 0.2) is 0 Å².